The van der Waals surface area contributed by atoms with E-state index < -0.39 is 10.0 Å². The van der Waals surface area contributed by atoms with E-state index in [2.05, 4.69) is 11.6 Å². The van der Waals surface area contributed by atoms with Crippen molar-refractivity contribution in [2.75, 3.05) is 4.72 Å². The second-order valence-electron chi connectivity index (χ2n) is 4.95. The highest BCUT2D eigenvalue weighted by atomic mass is 32.2. The minimum absolute atomic E-state index is 0.0634. The summed E-state index contributed by atoms with van der Waals surface area (Å²) in [7, 11) is -3.65. The Balaban J connectivity index is 2.27. The molecule has 0 atom stereocenters. The van der Waals surface area contributed by atoms with Gasteiger partial charge in [0, 0.05) is 5.56 Å². The van der Waals surface area contributed by atoms with Crippen LogP contribution in [0.4, 0.5) is 5.69 Å². The zero-order valence-electron chi connectivity index (χ0n) is 12.1. The normalized spacial score (nSPS) is 11.3. The van der Waals surface area contributed by atoms with Crippen molar-refractivity contribution in [1.82, 2.24) is 0 Å². The Hall–Kier alpha value is -2.01. The summed E-state index contributed by atoms with van der Waals surface area (Å²) in [5.41, 5.74) is 2.00. The van der Waals surface area contributed by atoms with E-state index in [9.17, 15) is 13.5 Å². The van der Waals surface area contributed by atoms with Gasteiger partial charge in [-0.05, 0) is 43.2 Å². The van der Waals surface area contributed by atoms with Gasteiger partial charge in [0.2, 0.25) is 0 Å². The molecule has 2 rings (SSSR count). The van der Waals surface area contributed by atoms with Crippen molar-refractivity contribution in [3.05, 3.63) is 53.6 Å². The van der Waals surface area contributed by atoms with E-state index >= 15 is 0 Å². The third-order valence-corrected chi connectivity index (χ3v) is 4.70. The second kappa shape index (κ2) is 6.18. The molecule has 0 aliphatic carbocycles. The number of sulfonamides is 1. The first-order valence-electron chi connectivity index (χ1n) is 6.84. The molecule has 0 amide bonds. The number of anilines is 1. The van der Waals surface area contributed by atoms with E-state index in [-0.39, 0.29) is 10.6 Å². The van der Waals surface area contributed by atoms with Crippen LogP contribution >= 0.6 is 0 Å². The zero-order valence-corrected chi connectivity index (χ0v) is 12.9. The molecule has 2 aromatic carbocycles. The Labute approximate surface area is 125 Å². The lowest BCUT2D eigenvalue weighted by Gasteiger charge is -2.11. The SMILES string of the molecule is CCCc1ccc(S(=O)(=O)Nc2cccc(O)c2C)cc1. The van der Waals surface area contributed by atoms with Crippen LogP contribution in [0.3, 0.4) is 0 Å². The number of aryl methyl sites for hydroxylation is 1. The minimum atomic E-state index is -3.65. The van der Waals surface area contributed by atoms with Gasteiger partial charge in [-0.25, -0.2) is 8.42 Å². The maximum atomic E-state index is 12.3. The molecule has 0 saturated heterocycles. The largest absolute Gasteiger partial charge is 0.508 e. The monoisotopic (exact) mass is 305 g/mol. The lowest BCUT2D eigenvalue weighted by atomic mass is 10.1. The summed E-state index contributed by atoms with van der Waals surface area (Å²) in [6, 6.07) is 11.6. The van der Waals surface area contributed by atoms with Crippen molar-refractivity contribution in [3.63, 3.8) is 0 Å². The van der Waals surface area contributed by atoms with Gasteiger partial charge in [0.05, 0.1) is 10.6 Å². The molecular formula is C16H19NO3S. The van der Waals surface area contributed by atoms with Crippen molar-refractivity contribution in [2.24, 2.45) is 0 Å². The molecule has 2 aromatic rings. The Morgan fingerprint density at radius 3 is 2.38 bits per heavy atom. The molecule has 0 saturated carbocycles. The van der Waals surface area contributed by atoms with Crippen LogP contribution in [0.15, 0.2) is 47.4 Å². The van der Waals surface area contributed by atoms with Crippen molar-refractivity contribution >= 4 is 15.7 Å². The van der Waals surface area contributed by atoms with Crippen LogP contribution in [0.5, 0.6) is 5.75 Å². The molecule has 0 fully saturated rings. The predicted molar refractivity (Wildman–Crippen MR) is 84.1 cm³/mol. The summed E-state index contributed by atoms with van der Waals surface area (Å²) in [5, 5.41) is 9.63. The number of phenolic OH excluding ortho intramolecular Hbond substituents is 1. The molecule has 112 valence electrons. The Bertz CT molecular complexity index is 722. The van der Waals surface area contributed by atoms with Gasteiger partial charge in [-0.15, -0.1) is 0 Å². The minimum Gasteiger partial charge on any atom is -0.508 e. The smallest absolute Gasteiger partial charge is 0.261 e. The van der Waals surface area contributed by atoms with E-state index in [1.54, 1.807) is 31.2 Å². The summed E-state index contributed by atoms with van der Waals surface area (Å²) >= 11 is 0. The number of aromatic hydroxyl groups is 1. The first-order chi connectivity index (χ1) is 9.94. The van der Waals surface area contributed by atoms with Gasteiger partial charge in [0.15, 0.2) is 0 Å². The molecule has 0 aliphatic rings. The van der Waals surface area contributed by atoms with E-state index in [0.29, 0.717) is 11.3 Å². The second-order valence-corrected chi connectivity index (χ2v) is 6.63. The van der Waals surface area contributed by atoms with Gasteiger partial charge >= 0.3 is 0 Å². The number of phenols is 1. The van der Waals surface area contributed by atoms with Crippen LogP contribution in [-0.4, -0.2) is 13.5 Å². The van der Waals surface area contributed by atoms with Gasteiger partial charge in [-0.2, -0.15) is 0 Å². The first kappa shape index (κ1) is 15.4. The number of rotatable bonds is 5. The molecule has 5 heteroatoms. The van der Waals surface area contributed by atoms with Crippen LogP contribution in [0.25, 0.3) is 0 Å². The molecule has 0 aliphatic heterocycles. The molecule has 4 nitrogen and oxygen atoms in total. The van der Waals surface area contributed by atoms with Crippen molar-refractivity contribution in [2.45, 2.75) is 31.6 Å². The fourth-order valence-corrected chi connectivity index (χ4v) is 3.18. The van der Waals surface area contributed by atoms with Crippen molar-refractivity contribution < 1.29 is 13.5 Å². The fraction of sp³-hybridized carbons (Fsp3) is 0.250. The average molecular weight is 305 g/mol. The highest BCUT2D eigenvalue weighted by Gasteiger charge is 2.15. The third-order valence-electron chi connectivity index (χ3n) is 3.32. The van der Waals surface area contributed by atoms with Crippen LogP contribution in [0.2, 0.25) is 0 Å². The van der Waals surface area contributed by atoms with Crippen molar-refractivity contribution in [3.8, 4) is 5.75 Å². The zero-order chi connectivity index (χ0) is 15.5. The summed E-state index contributed by atoms with van der Waals surface area (Å²) in [4.78, 5) is 0.213. The highest BCUT2D eigenvalue weighted by molar-refractivity contribution is 7.92. The summed E-state index contributed by atoms with van der Waals surface area (Å²) < 4.78 is 27.2. The standard InChI is InChI=1S/C16H19NO3S/c1-3-5-13-8-10-14(11-9-13)21(19,20)17-15-6-4-7-16(18)12(15)2/h4,6-11,17-18H,3,5H2,1-2H3. The van der Waals surface area contributed by atoms with E-state index in [4.69, 9.17) is 0 Å². The maximum absolute atomic E-state index is 12.3. The Kier molecular flexibility index (Phi) is 4.53. The van der Waals surface area contributed by atoms with Gasteiger partial charge in [0.25, 0.3) is 10.0 Å². The summed E-state index contributed by atoms with van der Waals surface area (Å²) in [6.45, 7) is 3.74. The topological polar surface area (TPSA) is 66.4 Å². The molecule has 2 N–H and O–H groups in total. The Morgan fingerprint density at radius 1 is 1.10 bits per heavy atom. The number of hydrogen-bond donors (Lipinski definition) is 2. The highest BCUT2D eigenvalue weighted by Crippen LogP contribution is 2.26. The van der Waals surface area contributed by atoms with Gasteiger partial charge < -0.3 is 5.11 Å². The molecule has 21 heavy (non-hydrogen) atoms. The van der Waals surface area contributed by atoms with Crippen LogP contribution in [0.1, 0.15) is 24.5 Å². The van der Waals surface area contributed by atoms with Crippen LogP contribution < -0.4 is 4.72 Å². The van der Waals surface area contributed by atoms with Gasteiger partial charge in [0.1, 0.15) is 5.75 Å². The van der Waals surface area contributed by atoms with E-state index in [1.165, 1.54) is 6.07 Å². The van der Waals surface area contributed by atoms with Crippen molar-refractivity contribution in [1.29, 1.82) is 0 Å². The fourth-order valence-electron chi connectivity index (χ4n) is 2.06. The third kappa shape index (κ3) is 3.55. The molecule has 0 bridgehead atoms. The lowest BCUT2D eigenvalue weighted by molar-refractivity contribution is 0.471. The quantitative estimate of drug-likeness (QED) is 0.889. The number of benzene rings is 2. The lowest BCUT2D eigenvalue weighted by Crippen LogP contribution is -2.13. The molecule has 0 spiro atoms. The van der Waals surface area contributed by atoms with Crippen LogP contribution in [0, 0.1) is 6.92 Å². The van der Waals surface area contributed by atoms with Gasteiger partial charge in [-0.1, -0.05) is 31.5 Å². The van der Waals surface area contributed by atoms with E-state index in [0.717, 1.165) is 18.4 Å². The first-order valence-corrected chi connectivity index (χ1v) is 8.32. The molecule has 0 radical (unpaired) electrons. The number of hydrogen-bond acceptors (Lipinski definition) is 3. The molecule has 0 unspecified atom stereocenters. The number of nitrogens with one attached hydrogen (secondary N) is 1. The molecule has 0 heterocycles. The Morgan fingerprint density at radius 2 is 1.76 bits per heavy atom. The summed E-state index contributed by atoms with van der Waals surface area (Å²) in [6.07, 6.45) is 1.95. The molecular weight excluding hydrogens is 286 g/mol. The van der Waals surface area contributed by atoms with Gasteiger partial charge in [-0.3, -0.25) is 4.72 Å². The molecule has 0 aromatic heterocycles. The summed E-state index contributed by atoms with van der Waals surface area (Å²) in [5.74, 6) is 0.0634. The van der Waals surface area contributed by atoms with E-state index in [1.807, 2.05) is 12.1 Å². The predicted octanol–water partition coefficient (Wildman–Crippen LogP) is 3.45. The maximum Gasteiger partial charge on any atom is 0.261 e. The average Bonchev–Trinajstić information content (AvgIpc) is 2.45. The van der Waals surface area contributed by atoms with Crippen LogP contribution in [-0.2, 0) is 16.4 Å².